The van der Waals surface area contributed by atoms with Crippen LogP contribution in [0, 0.1) is 0 Å². The van der Waals surface area contributed by atoms with Crippen LogP contribution in [-0.2, 0) is 0 Å². The van der Waals surface area contributed by atoms with Crippen LogP contribution in [0.15, 0.2) is 36.5 Å². The highest BCUT2D eigenvalue weighted by Gasteiger charge is 2.15. The molecule has 0 bridgehead atoms. The Morgan fingerprint density at radius 3 is 2.22 bits per heavy atom. The van der Waals surface area contributed by atoms with Gasteiger partial charge in [0.1, 0.15) is 17.1 Å². The van der Waals surface area contributed by atoms with Gasteiger partial charge in [-0.25, -0.2) is 0 Å². The number of nitrogens with zero attached hydrogens (tertiary/aromatic N) is 1. The van der Waals surface area contributed by atoms with Gasteiger partial charge in [0.05, 0.1) is 33.2 Å². The summed E-state index contributed by atoms with van der Waals surface area (Å²) in [6.07, 6.45) is 4.21. The van der Waals surface area contributed by atoms with Crippen molar-refractivity contribution in [3.63, 3.8) is 0 Å². The van der Waals surface area contributed by atoms with E-state index in [1.807, 2.05) is 0 Å². The van der Waals surface area contributed by atoms with Gasteiger partial charge in [0, 0.05) is 6.07 Å². The number of methoxy groups -OCH3 is 3. The van der Waals surface area contributed by atoms with Crippen molar-refractivity contribution in [1.82, 2.24) is 4.98 Å². The van der Waals surface area contributed by atoms with Crippen molar-refractivity contribution in [2.75, 3.05) is 21.3 Å². The molecule has 0 aliphatic carbocycles. The van der Waals surface area contributed by atoms with Gasteiger partial charge in [-0.2, -0.15) is 0 Å². The number of aromatic nitrogens is 1. The number of hydrogen-bond donors (Lipinski definition) is 1. The van der Waals surface area contributed by atoms with E-state index in [-0.39, 0.29) is 17.3 Å². The smallest absolute Gasteiger partial charge is 0.193 e. The second kappa shape index (κ2) is 7.31. The summed E-state index contributed by atoms with van der Waals surface area (Å²) >= 11 is 0. The third-order valence-corrected chi connectivity index (χ3v) is 3.17. The molecule has 1 aromatic heterocycles. The van der Waals surface area contributed by atoms with Crippen molar-refractivity contribution in [3.8, 4) is 23.0 Å². The molecule has 2 aromatic rings. The molecule has 0 aliphatic rings. The van der Waals surface area contributed by atoms with Crippen LogP contribution in [-0.4, -0.2) is 37.2 Å². The number of rotatable bonds is 6. The van der Waals surface area contributed by atoms with E-state index in [9.17, 15) is 9.90 Å². The first-order chi connectivity index (χ1) is 11.1. The molecule has 0 fully saturated rings. The van der Waals surface area contributed by atoms with Gasteiger partial charge in [-0.1, -0.05) is 6.07 Å². The standard InChI is InChI=1S/C17H17NO5/c1-21-14-5-4-6-15(22-2)17(14)12(19)8-7-11-9-13(20)16(23-3)10-18-11/h4-10H,1-3H3,(H,18,20). The zero-order valence-corrected chi connectivity index (χ0v) is 13.1. The quantitative estimate of drug-likeness (QED) is 0.652. The van der Waals surface area contributed by atoms with Crippen LogP contribution in [0.1, 0.15) is 16.1 Å². The van der Waals surface area contributed by atoms with E-state index in [1.54, 1.807) is 18.2 Å². The maximum Gasteiger partial charge on any atom is 0.193 e. The van der Waals surface area contributed by atoms with Crippen molar-refractivity contribution in [2.24, 2.45) is 0 Å². The van der Waals surface area contributed by atoms with E-state index in [2.05, 4.69) is 4.98 Å². The van der Waals surface area contributed by atoms with Crippen LogP contribution in [0.25, 0.3) is 6.08 Å². The van der Waals surface area contributed by atoms with E-state index >= 15 is 0 Å². The Balaban J connectivity index is 2.30. The van der Waals surface area contributed by atoms with Crippen molar-refractivity contribution in [2.45, 2.75) is 0 Å². The summed E-state index contributed by atoms with van der Waals surface area (Å²) in [6, 6.07) is 6.51. The van der Waals surface area contributed by atoms with Gasteiger partial charge in [0.2, 0.25) is 0 Å². The van der Waals surface area contributed by atoms with E-state index in [1.165, 1.54) is 45.7 Å². The minimum Gasteiger partial charge on any atom is -0.504 e. The van der Waals surface area contributed by atoms with E-state index in [4.69, 9.17) is 14.2 Å². The highest BCUT2D eigenvalue weighted by Crippen LogP contribution is 2.29. The summed E-state index contributed by atoms with van der Waals surface area (Å²) in [4.78, 5) is 16.5. The molecule has 1 aromatic carbocycles. The fourth-order valence-electron chi connectivity index (χ4n) is 2.03. The van der Waals surface area contributed by atoms with Crippen molar-refractivity contribution >= 4 is 11.9 Å². The molecule has 2 rings (SSSR count). The molecule has 0 aliphatic heterocycles. The SMILES string of the molecule is COc1cnc(C=CC(=O)c2c(OC)cccc2OC)cc1O. The zero-order valence-electron chi connectivity index (χ0n) is 13.1. The van der Waals surface area contributed by atoms with Gasteiger partial charge in [0.25, 0.3) is 0 Å². The molecule has 0 saturated heterocycles. The molecule has 6 nitrogen and oxygen atoms in total. The maximum absolute atomic E-state index is 12.4. The van der Waals surface area contributed by atoms with Gasteiger partial charge in [-0.15, -0.1) is 0 Å². The molecular weight excluding hydrogens is 298 g/mol. The lowest BCUT2D eigenvalue weighted by Crippen LogP contribution is -2.02. The van der Waals surface area contributed by atoms with Gasteiger partial charge in [-0.3, -0.25) is 9.78 Å². The van der Waals surface area contributed by atoms with Crippen LogP contribution in [0.5, 0.6) is 23.0 Å². The van der Waals surface area contributed by atoms with Gasteiger partial charge in [-0.05, 0) is 24.3 Å². The maximum atomic E-state index is 12.4. The largest absolute Gasteiger partial charge is 0.504 e. The van der Waals surface area contributed by atoms with Crippen molar-refractivity contribution < 1.29 is 24.1 Å². The molecule has 120 valence electrons. The fraction of sp³-hybridized carbons (Fsp3) is 0.176. The number of hydrogen-bond acceptors (Lipinski definition) is 6. The first-order valence-electron chi connectivity index (χ1n) is 6.77. The monoisotopic (exact) mass is 315 g/mol. The van der Waals surface area contributed by atoms with Crippen LogP contribution in [0.2, 0.25) is 0 Å². The predicted molar refractivity (Wildman–Crippen MR) is 85.4 cm³/mol. The summed E-state index contributed by atoms with van der Waals surface area (Å²) < 4.78 is 15.3. The molecular formula is C17H17NO5. The highest BCUT2D eigenvalue weighted by molar-refractivity contribution is 6.10. The lowest BCUT2D eigenvalue weighted by Gasteiger charge is -2.10. The van der Waals surface area contributed by atoms with E-state index in [0.29, 0.717) is 22.8 Å². The zero-order chi connectivity index (χ0) is 16.8. The third-order valence-electron chi connectivity index (χ3n) is 3.17. The molecule has 1 N–H and O–H groups in total. The minimum atomic E-state index is -0.295. The summed E-state index contributed by atoms with van der Waals surface area (Å²) in [6.45, 7) is 0. The minimum absolute atomic E-state index is 0.0514. The number of aromatic hydroxyl groups is 1. The second-order valence-electron chi connectivity index (χ2n) is 4.52. The van der Waals surface area contributed by atoms with Crippen LogP contribution >= 0.6 is 0 Å². The molecule has 0 unspecified atom stereocenters. The number of carbonyl (C=O) groups is 1. The first-order valence-corrected chi connectivity index (χ1v) is 6.77. The molecule has 23 heavy (non-hydrogen) atoms. The Hall–Kier alpha value is -3.02. The molecule has 6 heteroatoms. The van der Waals surface area contributed by atoms with Gasteiger partial charge >= 0.3 is 0 Å². The first kappa shape index (κ1) is 16.4. The average molecular weight is 315 g/mol. The number of ketones is 1. The summed E-state index contributed by atoms with van der Waals surface area (Å²) in [5.41, 5.74) is 0.747. The lowest BCUT2D eigenvalue weighted by molar-refractivity contribution is 0.104. The van der Waals surface area contributed by atoms with Crippen molar-refractivity contribution in [1.29, 1.82) is 0 Å². The number of allylic oxidation sites excluding steroid dienone is 1. The molecule has 0 radical (unpaired) electrons. The highest BCUT2D eigenvalue weighted by atomic mass is 16.5. The van der Waals surface area contributed by atoms with Gasteiger partial charge in [0.15, 0.2) is 17.3 Å². The lowest BCUT2D eigenvalue weighted by atomic mass is 10.1. The molecule has 0 saturated carbocycles. The number of carbonyl (C=O) groups excluding carboxylic acids is 1. The predicted octanol–water partition coefficient (Wildman–Crippen LogP) is 2.71. The Bertz CT molecular complexity index is 718. The Kier molecular flexibility index (Phi) is 5.19. The van der Waals surface area contributed by atoms with E-state index in [0.717, 1.165) is 0 Å². The summed E-state index contributed by atoms with van der Waals surface area (Å²) in [5.74, 6) is 0.759. The molecule has 0 atom stereocenters. The Labute approximate surface area is 134 Å². The summed E-state index contributed by atoms with van der Waals surface area (Å²) in [5, 5.41) is 9.71. The van der Waals surface area contributed by atoms with Gasteiger partial charge < -0.3 is 19.3 Å². The molecule has 0 amide bonds. The third kappa shape index (κ3) is 3.60. The molecule has 0 spiro atoms. The van der Waals surface area contributed by atoms with Crippen LogP contribution in [0.3, 0.4) is 0 Å². The number of benzene rings is 1. The molecule has 1 heterocycles. The number of ether oxygens (including phenoxy) is 3. The second-order valence-corrected chi connectivity index (χ2v) is 4.52. The van der Waals surface area contributed by atoms with Crippen molar-refractivity contribution in [3.05, 3.63) is 47.8 Å². The van der Waals surface area contributed by atoms with Crippen LogP contribution in [0.4, 0.5) is 0 Å². The Morgan fingerprint density at radius 2 is 1.70 bits per heavy atom. The topological polar surface area (TPSA) is 77.9 Å². The summed E-state index contributed by atoms with van der Waals surface area (Å²) in [7, 11) is 4.40. The Morgan fingerprint density at radius 1 is 1.09 bits per heavy atom. The van der Waals surface area contributed by atoms with Crippen LogP contribution < -0.4 is 14.2 Å². The number of pyridine rings is 1. The normalized spacial score (nSPS) is 10.6. The van der Waals surface area contributed by atoms with E-state index < -0.39 is 0 Å². The fourth-order valence-corrected chi connectivity index (χ4v) is 2.03. The average Bonchev–Trinajstić information content (AvgIpc) is 2.58.